The van der Waals surface area contributed by atoms with Gasteiger partial charge in [0.25, 0.3) is 0 Å². The standard InChI is InChI=1S/C18H21NO4/c1-21-14-9-10-7-8-19-17-13-6-4-11(20)3-5-12(23-13)16(15(10)17)18(14)22-2/h5,9,11,13,20H,3-4,6-8H2,1-2H3/t11-,13+/m0/s1. The molecular weight excluding hydrogens is 294 g/mol. The van der Waals surface area contributed by atoms with Gasteiger partial charge in [0.05, 0.1) is 31.6 Å². The van der Waals surface area contributed by atoms with E-state index in [1.807, 2.05) is 6.08 Å². The molecule has 0 aromatic heterocycles. The molecule has 122 valence electrons. The zero-order chi connectivity index (χ0) is 16.0. The van der Waals surface area contributed by atoms with Crippen molar-refractivity contribution in [2.75, 3.05) is 20.8 Å². The maximum Gasteiger partial charge on any atom is 0.172 e. The number of rotatable bonds is 2. The van der Waals surface area contributed by atoms with Gasteiger partial charge >= 0.3 is 0 Å². The summed E-state index contributed by atoms with van der Waals surface area (Å²) < 4.78 is 17.4. The van der Waals surface area contributed by atoms with Gasteiger partial charge in [-0.1, -0.05) is 0 Å². The predicted molar refractivity (Wildman–Crippen MR) is 87.4 cm³/mol. The first-order valence-corrected chi connectivity index (χ1v) is 8.10. The summed E-state index contributed by atoms with van der Waals surface area (Å²) in [5.41, 5.74) is 4.30. The second kappa shape index (κ2) is 5.57. The zero-order valence-electron chi connectivity index (χ0n) is 13.5. The molecule has 1 aromatic carbocycles. The van der Waals surface area contributed by atoms with E-state index in [9.17, 15) is 5.11 Å². The minimum absolute atomic E-state index is 0.0825. The van der Waals surface area contributed by atoms with Gasteiger partial charge in [-0.25, -0.2) is 0 Å². The molecule has 0 fully saturated rings. The van der Waals surface area contributed by atoms with Crippen LogP contribution in [-0.2, 0) is 11.2 Å². The van der Waals surface area contributed by atoms with Crippen LogP contribution in [0.5, 0.6) is 11.5 Å². The topological polar surface area (TPSA) is 60.3 Å². The maximum absolute atomic E-state index is 10.1. The first-order chi connectivity index (χ1) is 11.2. The Morgan fingerprint density at radius 2 is 2.09 bits per heavy atom. The number of aliphatic imine (C=N–C) groups is 1. The normalized spacial score (nSPS) is 25.2. The molecule has 0 saturated heterocycles. The fraction of sp³-hybridized carbons (Fsp3) is 0.500. The maximum atomic E-state index is 10.1. The van der Waals surface area contributed by atoms with Crippen molar-refractivity contribution in [1.82, 2.24) is 0 Å². The molecule has 0 amide bonds. The summed E-state index contributed by atoms with van der Waals surface area (Å²) in [6, 6.07) is 2.06. The molecule has 2 atom stereocenters. The molecule has 3 heterocycles. The van der Waals surface area contributed by atoms with Crippen molar-refractivity contribution in [3.8, 4) is 11.5 Å². The van der Waals surface area contributed by atoms with Gasteiger partial charge in [-0.05, 0) is 43.4 Å². The van der Waals surface area contributed by atoms with Crippen LogP contribution in [0, 0.1) is 0 Å². The van der Waals surface area contributed by atoms with Gasteiger partial charge in [-0.2, -0.15) is 0 Å². The number of aliphatic hydroxyl groups is 1. The van der Waals surface area contributed by atoms with Crippen LogP contribution in [0.4, 0.5) is 0 Å². The van der Waals surface area contributed by atoms with Crippen LogP contribution in [0.3, 0.4) is 0 Å². The van der Waals surface area contributed by atoms with E-state index in [0.717, 1.165) is 48.4 Å². The highest BCUT2D eigenvalue weighted by Gasteiger charge is 2.38. The Hall–Kier alpha value is -2.01. The van der Waals surface area contributed by atoms with Crippen LogP contribution >= 0.6 is 0 Å². The van der Waals surface area contributed by atoms with Gasteiger partial charge in [-0.15, -0.1) is 0 Å². The van der Waals surface area contributed by atoms with Gasteiger partial charge in [0.2, 0.25) is 0 Å². The van der Waals surface area contributed by atoms with Crippen molar-refractivity contribution in [1.29, 1.82) is 0 Å². The quantitative estimate of drug-likeness (QED) is 0.910. The Kier molecular flexibility index (Phi) is 3.53. The summed E-state index contributed by atoms with van der Waals surface area (Å²) in [5.74, 6) is 2.18. The minimum atomic E-state index is -0.335. The van der Waals surface area contributed by atoms with Gasteiger partial charge in [-0.3, -0.25) is 4.99 Å². The van der Waals surface area contributed by atoms with Crippen molar-refractivity contribution < 1.29 is 19.3 Å². The fourth-order valence-electron chi connectivity index (χ4n) is 3.73. The van der Waals surface area contributed by atoms with Crippen molar-refractivity contribution in [3.05, 3.63) is 28.8 Å². The van der Waals surface area contributed by atoms with E-state index in [2.05, 4.69) is 6.07 Å². The van der Waals surface area contributed by atoms with Crippen LogP contribution in [0.15, 0.2) is 17.1 Å². The molecule has 2 bridgehead atoms. The van der Waals surface area contributed by atoms with Crippen molar-refractivity contribution in [2.24, 2.45) is 4.99 Å². The molecule has 0 saturated carbocycles. The van der Waals surface area contributed by atoms with Gasteiger partial charge in [0, 0.05) is 12.1 Å². The summed E-state index contributed by atoms with van der Waals surface area (Å²) in [7, 11) is 3.29. The summed E-state index contributed by atoms with van der Waals surface area (Å²) in [4.78, 5) is 4.74. The smallest absolute Gasteiger partial charge is 0.172 e. The van der Waals surface area contributed by atoms with E-state index in [-0.39, 0.29) is 12.2 Å². The van der Waals surface area contributed by atoms with Crippen molar-refractivity contribution in [2.45, 2.75) is 37.9 Å². The lowest BCUT2D eigenvalue weighted by Crippen LogP contribution is -2.35. The average Bonchev–Trinajstić information content (AvgIpc) is 2.57. The molecule has 0 radical (unpaired) electrons. The lowest BCUT2D eigenvalue weighted by atomic mass is 9.83. The molecule has 1 aromatic rings. The first kappa shape index (κ1) is 14.6. The van der Waals surface area contributed by atoms with Crippen LogP contribution in [-0.4, -0.2) is 43.8 Å². The number of nitrogens with zero attached hydrogens (tertiary/aromatic N) is 1. The third-order valence-corrected chi connectivity index (χ3v) is 4.83. The highest BCUT2D eigenvalue weighted by molar-refractivity contribution is 6.12. The van der Waals surface area contributed by atoms with E-state index in [1.165, 1.54) is 5.56 Å². The largest absolute Gasteiger partial charge is 0.493 e. The third-order valence-electron chi connectivity index (χ3n) is 4.83. The van der Waals surface area contributed by atoms with E-state index >= 15 is 0 Å². The molecular formula is C18H21NO4. The second-order valence-corrected chi connectivity index (χ2v) is 6.18. The number of ether oxygens (including phenoxy) is 3. The first-order valence-electron chi connectivity index (χ1n) is 8.10. The van der Waals surface area contributed by atoms with E-state index in [1.54, 1.807) is 14.2 Å². The number of methoxy groups -OCH3 is 2. The third kappa shape index (κ3) is 2.22. The summed E-state index contributed by atoms with van der Waals surface area (Å²) in [6.07, 6.45) is 4.55. The Labute approximate surface area is 135 Å². The highest BCUT2D eigenvalue weighted by atomic mass is 16.5. The molecule has 23 heavy (non-hydrogen) atoms. The Morgan fingerprint density at radius 1 is 1.22 bits per heavy atom. The molecule has 0 spiro atoms. The average molecular weight is 315 g/mol. The summed E-state index contributed by atoms with van der Waals surface area (Å²) >= 11 is 0. The lowest BCUT2D eigenvalue weighted by Gasteiger charge is -2.36. The Balaban J connectivity index is 2.00. The van der Waals surface area contributed by atoms with Gasteiger partial charge in [0.1, 0.15) is 11.9 Å². The summed E-state index contributed by atoms with van der Waals surface area (Å²) in [5, 5.41) is 10.1. The molecule has 0 unspecified atom stereocenters. The molecule has 3 aliphatic heterocycles. The van der Waals surface area contributed by atoms with Crippen LogP contribution in [0.1, 0.15) is 36.0 Å². The van der Waals surface area contributed by atoms with Crippen LogP contribution in [0.25, 0.3) is 5.76 Å². The van der Waals surface area contributed by atoms with E-state index in [0.29, 0.717) is 17.9 Å². The van der Waals surface area contributed by atoms with Gasteiger partial charge in [0.15, 0.2) is 11.5 Å². The number of hydrogen-bond donors (Lipinski definition) is 1. The van der Waals surface area contributed by atoms with Gasteiger partial charge < -0.3 is 19.3 Å². The molecule has 4 rings (SSSR count). The number of aliphatic hydroxyl groups excluding tert-OH is 1. The number of hydrogen-bond acceptors (Lipinski definition) is 5. The second-order valence-electron chi connectivity index (χ2n) is 6.18. The zero-order valence-corrected chi connectivity index (χ0v) is 13.5. The Bertz CT molecular complexity index is 707. The summed E-state index contributed by atoms with van der Waals surface area (Å²) in [6.45, 7) is 0.763. The van der Waals surface area contributed by atoms with E-state index in [4.69, 9.17) is 19.2 Å². The van der Waals surface area contributed by atoms with E-state index < -0.39 is 0 Å². The molecule has 5 nitrogen and oxygen atoms in total. The molecule has 0 aliphatic carbocycles. The molecule has 3 aliphatic rings. The highest BCUT2D eigenvalue weighted by Crippen LogP contribution is 2.46. The Morgan fingerprint density at radius 3 is 2.87 bits per heavy atom. The minimum Gasteiger partial charge on any atom is -0.493 e. The van der Waals surface area contributed by atoms with Crippen LogP contribution in [0.2, 0.25) is 0 Å². The van der Waals surface area contributed by atoms with Crippen molar-refractivity contribution in [3.63, 3.8) is 0 Å². The molecule has 5 heteroatoms. The SMILES string of the molecule is COc1cc2c3c(c1OC)C1=CC[C@H](O)CC[C@@H](O1)C3=NCC2. The number of benzene rings is 1. The van der Waals surface area contributed by atoms with Crippen LogP contribution < -0.4 is 9.47 Å². The fourth-order valence-corrected chi connectivity index (χ4v) is 3.73. The number of fused-ring (bicyclic) bond motifs is 4. The monoisotopic (exact) mass is 315 g/mol. The lowest BCUT2D eigenvalue weighted by molar-refractivity contribution is 0.127. The van der Waals surface area contributed by atoms with Crippen molar-refractivity contribution >= 4 is 11.5 Å². The molecule has 1 N–H and O–H groups in total. The predicted octanol–water partition coefficient (Wildman–Crippen LogP) is 2.33.